The van der Waals surface area contributed by atoms with Crippen LogP contribution in [0.5, 0.6) is 0 Å². The molecule has 0 aliphatic heterocycles. The molecule has 0 spiro atoms. The van der Waals surface area contributed by atoms with E-state index in [0.29, 0.717) is 12.2 Å². The van der Waals surface area contributed by atoms with E-state index < -0.39 is 4.92 Å². The molecule has 1 aromatic heterocycles. The van der Waals surface area contributed by atoms with Crippen LogP contribution in [0.1, 0.15) is 18.5 Å². The summed E-state index contributed by atoms with van der Waals surface area (Å²) in [6, 6.07) is 4.24. The van der Waals surface area contributed by atoms with Gasteiger partial charge < -0.3 is 5.73 Å². The number of aromatic nitrogens is 3. The molecular weight excluding hydrogens is 282 g/mol. The van der Waals surface area contributed by atoms with Crippen molar-refractivity contribution in [2.75, 3.05) is 6.54 Å². The lowest BCUT2D eigenvalue weighted by Crippen LogP contribution is -1.99. The van der Waals surface area contributed by atoms with Gasteiger partial charge in [0.15, 0.2) is 0 Å². The number of unbranched alkanes of at least 4 members (excludes halogenated alkanes) is 1. The molecule has 0 aliphatic carbocycles. The van der Waals surface area contributed by atoms with Crippen molar-refractivity contribution >= 4 is 17.3 Å². The van der Waals surface area contributed by atoms with E-state index >= 15 is 0 Å². The first-order valence-corrected chi connectivity index (χ1v) is 6.55. The maximum absolute atomic E-state index is 10.7. The fourth-order valence-corrected chi connectivity index (χ4v) is 2.04. The van der Waals surface area contributed by atoms with Crippen LogP contribution in [0, 0.1) is 10.1 Å². The van der Waals surface area contributed by atoms with Crippen LogP contribution in [0.3, 0.4) is 0 Å². The Morgan fingerprint density at radius 3 is 2.85 bits per heavy atom. The molecule has 0 radical (unpaired) electrons. The smallest absolute Gasteiger partial charge is 0.271 e. The summed E-state index contributed by atoms with van der Waals surface area (Å²) in [5, 5.41) is 18.9. The molecule has 0 unspecified atom stereocenters. The first-order valence-electron chi connectivity index (χ1n) is 6.17. The van der Waals surface area contributed by atoms with E-state index in [4.69, 9.17) is 17.3 Å². The second-order valence-corrected chi connectivity index (χ2v) is 4.70. The summed E-state index contributed by atoms with van der Waals surface area (Å²) in [6.45, 7) is 0.655. The molecule has 1 heterocycles. The Hall–Kier alpha value is -1.99. The molecule has 0 saturated carbocycles. The second-order valence-electron chi connectivity index (χ2n) is 4.29. The van der Waals surface area contributed by atoms with Crippen molar-refractivity contribution in [3.8, 4) is 5.69 Å². The van der Waals surface area contributed by atoms with E-state index in [9.17, 15) is 10.1 Å². The minimum atomic E-state index is -0.491. The van der Waals surface area contributed by atoms with Crippen molar-refractivity contribution < 1.29 is 4.92 Å². The fraction of sp³-hybridized carbons (Fsp3) is 0.333. The van der Waals surface area contributed by atoms with E-state index in [0.717, 1.165) is 25.0 Å². The summed E-state index contributed by atoms with van der Waals surface area (Å²) in [5.74, 6) is 0. The first-order chi connectivity index (χ1) is 9.61. The van der Waals surface area contributed by atoms with Crippen LogP contribution in [0.4, 0.5) is 5.69 Å². The second kappa shape index (κ2) is 6.44. The van der Waals surface area contributed by atoms with E-state index in [1.165, 1.54) is 16.8 Å². The average Bonchev–Trinajstić information content (AvgIpc) is 2.87. The third-order valence-electron chi connectivity index (χ3n) is 2.82. The maximum Gasteiger partial charge on any atom is 0.271 e. The molecule has 0 aliphatic rings. The molecule has 2 aromatic rings. The number of aryl methyl sites for hydroxylation is 1. The molecule has 7 nitrogen and oxygen atoms in total. The quantitative estimate of drug-likeness (QED) is 0.500. The largest absolute Gasteiger partial charge is 0.330 e. The van der Waals surface area contributed by atoms with Crippen LogP contribution in [-0.2, 0) is 6.42 Å². The van der Waals surface area contributed by atoms with Gasteiger partial charge in [-0.3, -0.25) is 10.1 Å². The maximum atomic E-state index is 10.7. The number of nitro benzene ring substituents is 1. The lowest BCUT2D eigenvalue weighted by molar-refractivity contribution is -0.384. The van der Waals surface area contributed by atoms with Gasteiger partial charge in [0, 0.05) is 12.1 Å². The monoisotopic (exact) mass is 295 g/mol. The summed E-state index contributed by atoms with van der Waals surface area (Å²) < 4.78 is 1.52. The predicted octanol–water partition coefficient (Wildman–Crippen LogP) is 2.11. The summed E-state index contributed by atoms with van der Waals surface area (Å²) in [6.07, 6.45) is 4.44. The Labute approximate surface area is 120 Å². The third-order valence-corrected chi connectivity index (χ3v) is 3.12. The van der Waals surface area contributed by atoms with E-state index in [1.54, 1.807) is 12.3 Å². The minimum Gasteiger partial charge on any atom is -0.330 e. The van der Waals surface area contributed by atoms with Crippen LogP contribution in [0.2, 0.25) is 5.02 Å². The molecule has 0 saturated heterocycles. The molecule has 106 valence electrons. The van der Waals surface area contributed by atoms with Gasteiger partial charge in [-0.05, 0) is 31.9 Å². The van der Waals surface area contributed by atoms with Crippen LogP contribution in [-0.4, -0.2) is 26.5 Å². The number of nitrogens with two attached hydrogens (primary N) is 1. The zero-order valence-corrected chi connectivity index (χ0v) is 11.5. The SMILES string of the molecule is NCCCCc1cn(-c2ccc([N+](=O)[O-])cc2Cl)nn1. The highest BCUT2D eigenvalue weighted by Crippen LogP contribution is 2.25. The van der Waals surface area contributed by atoms with Gasteiger partial charge in [0.25, 0.3) is 5.69 Å². The molecule has 0 bridgehead atoms. The van der Waals surface area contributed by atoms with Crippen molar-refractivity contribution in [1.29, 1.82) is 0 Å². The van der Waals surface area contributed by atoms with Crippen molar-refractivity contribution in [2.24, 2.45) is 5.73 Å². The normalized spacial score (nSPS) is 10.7. The summed E-state index contributed by atoms with van der Waals surface area (Å²) in [7, 11) is 0. The van der Waals surface area contributed by atoms with Crippen molar-refractivity contribution in [3.05, 3.63) is 45.2 Å². The van der Waals surface area contributed by atoms with E-state index in [2.05, 4.69) is 10.3 Å². The molecular formula is C12H14ClN5O2. The Kier molecular flexibility index (Phi) is 4.65. The predicted molar refractivity (Wildman–Crippen MR) is 75.0 cm³/mol. The summed E-state index contributed by atoms with van der Waals surface area (Å²) in [5.41, 5.74) is 6.79. The van der Waals surface area contributed by atoms with Crippen molar-refractivity contribution in [2.45, 2.75) is 19.3 Å². The molecule has 0 amide bonds. The van der Waals surface area contributed by atoms with E-state index in [-0.39, 0.29) is 10.7 Å². The zero-order chi connectivity index (χ0) is 14.5. The fourth-order valence-electron chi connectivity index (χ4n) is 1.78. The number of benzene rings is 1. The van der Waals surface area contributed by atoms with Gasteiger partial charge in [-0.15, -0.1) is 5.10 Å². The molecule has 2 N–H and O–H groups in total. The van der Waals surface area contributed by atoms with Gasteiger partial charge in [-0.2, -0.15) is 0 Å². The van der Waals surface area contributed by atoms with Gasteiger partial charge >= 0.3 is 0 Å². The number of nitrogens with zero attached hydrogens (tertiary/aromatic N) is 4. The number of rotatable bonds is 6. The van der Waals surface area contributed by atoms with Crippen molar-refractivity contribution in [3.63, 3.8) is 0 Å². The van der Waals surface area contributed by atoms with Gasteiger partial charge in [0.05, 0.1) is 27.5 Å². The lowest BCUT2D eigenvalue weighted by atomic mass is 10.2. The van der Waals surface area contributed by atoms with Crippen LogP contribution in [0.25, 0.3) is 5.69 Å². The van der Waals surface area contributed by atoms with Gasteiger partial charge in [-0.1, -0.05) is 16.8 Å². The number of hydrogen-bond acceptors (Lipinski definition) is 5. The van der Waals surface area contributed by atoms with Crippen LogP contribution < -0.4 is 5.73 Å². The van der Waals surface area contributed by atoms with E-state index in [1.807, 2.05) is 0 Å². The molecule has 0 fully saturated rings. The van der Waals surface area contributed by atoms with Crippen molar-refractivity contribution in [1.82, 2.24) is 15.0 Å². The Balaban J connectivity index is 2.17. The molecule has 0 atom stereocenters. The van der Waals surface area contributed by atoms with Crippen LogP contribution >= 0.6 is 11.6 Å². The van der Waals surface area contributed by atoms with Gasteiger partial charge in [0.1, 0.15) is 0 Å². The third kappa shape index (κ3) is 3.31. The van der Waals surface area contributed by atoms with Gasteiger partial charge in [0.2, 0.25) is 0 Å². The number of non-ortho nitro benzene ring substituents is 1. The minimum absolute atomic E-state index is 0.0537. The summed E-state index contributed by atoms with van der Waals surface area (Å²) >= 11 is 6.03. The highest BCUT2D eigenvalue weighted by Gasteiger charge is 2.12. The highest BCUT2D eigenvalue weighted by molar-refractivity contribution is 6.32. The number of hydrogen-bond donors (Lipinski definition) is 1. The Morgan fingerprint density at radius 2 is 2.20 bits per heavy atom. The Morgan fingerprint density at radius 1 is 1.40 bits per heavy atom. The highest BCUT2D eigenvalue weighted by atomic mass is 35.5. The molecule has 8 heteroatoms. The topological polar surface area (TPSA) is 99.9 Å². The zero-order valence-electron chi connectivity index (χ0n) is 10.7. The van der Waals surface area contributed by atoms with Gasteiger partial charge in [-0.25, -0.2) is 4.68 Å². The number of halogens is 1. The first kappa shape index (κ1) is 14.4. The average molecular weight is 296 g/mol. The lowest BCUT2D eigenvalue weighted by Gasteiger charge is -2.02. The summed E-state index contributed by atoms with van der Waals surface area (Å²) in [4.78, 5) is 10.2. The molecule has 1 aromatic carbocycles. The molecule has 20 heavy (non-hydrogen) atoms. The standard InChI is InChI=1S/C12H14ClN5O2/c13-11-7-10(18(19)20)4-5-12(11)17-8-9(15-16-17)3-1-2-6-14/h4-5,7-8H,1-3,6,14H2. The van der Waals surface area contributed by atoms with Crippen LogP contribution in [0.15, 0.2) is 24.4 Å². The Bertz CT molecular complexity index is 614. The molecule has 2 rings (SSSR count). The number of nitro groups is 1.